The second kappa shape index (κ2) is 15.0. The lowest BCUT2D eigenvalue weighted by Gasteiger charge is -2.28. The zero-order valence-corrected chi connectivity index (χ0v) is 26.2. The van der Waals surface area contributed by atoms with E-state index in [-0.39, 0.29) is 17.9 Å². The van der Waals surface area contributed by atoms with Crippen LogP contribution < -0.4 is 9.64 Å². The predicted octanol–water partition coefficient (Wildman–Crippen LogP) is 8.69. The first-order valence-corrected chi connectivity index (χ1v) is 15.8. The van der Waals surface area contributed by atoms with Gasteiger partial charge in [-0.05, 0) is 73.9 Å². The van der Waals surface area contributed by atoms with Gasteiger partial charge in [0.05, 0.1) is 6.10 Å². The molecule has 0 bridgehead atoms. The van der Waals surface area contributed by atoms with Crippen molar-refractivity contribution in [3.8, 4) is 16.9 Å². The van der Waals surface area contributed by atoms with E-state index in [1.54, 1.807) is 6.92 Å². The monoisotopic (exact) mass is 568 g/mol. The number of carbonyl (C=O) groups excluding carboxylic acids is 2. The molecule has 5 nitrogen and oxygen atoms in total. The first-order chi connectivity index (χ1) is 20.2. The Kier molecular flexibility index (Phi) is 11.2. The lowest BCUT2D eigenvalue weighted by atomic mass is 9.92. The van der Waals surface area contributed by atoms with Gasteiger partial charge in [-0.25, -0.2) is 0 Å². The standard InChI is InChI=1S/C37H48N2O3/c1-27(2)24-32-25-30(33-17-11-13-19-36(33)42-28(3)4)20-21-34(32)37(41)38-22-14-8-6-7-9-15-23-39(29(5)40)35-18-12-10-16-31(35)26-38/h10-13,16-21,25,27-28H,6-9,14-15,22-24,26H2,1-5H3. The minimum Gasteiger partial charge on any atom is -0.490 e. The zero-order chi connectivity index (χ0) is 30.1. The van der Waals surface area contributed by atoms with Crippen LogP contribution in [0.25, 0.3) is 11.1 Å². The molecule has 0 spiro atoms. The molecule has 5 heteroatoms. The molecule has 4 rings (SSSR count). The van der Waals surface area contributed by atoms with Crippen LogP contribution in [0.4, 0.5) is 5.69 Å². The molecule has 224 valence electrons. The Balaban J connectivity index is 1.73. The highest BCUT2D eigenvalue weighted by atomic mass is 16.5. The average Bonchev–Trinajstić information content (AvgIpc) is 2.97. The molecule has 42 heavy (non-hydrogen) atoms. The highest BCUT2D eigenvalue weighted by Crippen LogP contribution is 2.33. The van der Waals surface area contributed by atoms with Crippen LogP contribution in [-0.2, 0) is 17.8 Å². The quantitative estimate of drug-likeness (QED) is 0.299. The number of fused-ring (bicyclic) bond motifs is 1. The lowest BCUT2D eigenvalue weighted by Crippen LogP contribution is -2.34. The minimum absolute atomic E-state index is 0.0479. The Morgan fingerprint density at radius 1 is 0.810 bits per heavy atom. The van der Waals surface area contributed by atoms with E-state index in [0.717, 1.165) is 84.2 Å². The van der Waals surface area contributed by atoms with Gasteiger partial charge in [0, 0.05) is 43.4 Å². The van der Waals surface area contributed by atoms with E-state index in [2.05, 4.69) is 38.1 Å². The molecule has 1 aliphatic rings. The van der Waals surface area contributed by atoms with Crippen LogP contribution in [0.5, 0.6) is 5.75 Å². The molecule has 0 aromatic heterocycles. The van der Waals surface area contributed by atoms with Crippen molar-refractivity contribution in [2.75, 3.05) is 18.0 Å². The van der Waals surface area contributed by atoms with Gasteiger partial charge in [0.2, 0.25) is 5.91 Å². The first-order valence-electron chi connectivity index (χ1n) is 15.8. The summed E-state index contributed by atoms with van der Waals surface area (Å²) in [6.07, 6.45) is 7.38. The van der Waals surface area contributed by atoms with Crippen LogP contribution in [0.3, 0.4) is 0 Å². The summed E-state index contributed by atoms with van der Waals surface area (Å²) in [5.74, 6) is 1.36. The van der Waals surface area contributed by atoms with E-state index in [4.69, 9.17) is 4.74 Å². The van der Waals surface area contributed by atoms with Crippen molar-refractivity contribution < 1.29 is 14.3 Å². The summed E-state index contributed by atoms with van der Waals surface area (Å²) in [6.45, 7) is 12.0. The highest BCUT2D eigenvalue weighted by molar-refractivity contribution is 5.97. The summed E-state index contributed by atoms with van der Waals surface area (Å²) >= 11 is 0. The van der Waals surface area contributed by atoms with Crippen LogP contribution in [0.2, 0.25) is 0 Å². The maximum absolute atomic E-state index is 14.4. The van der Waals surface area contributed by atoms with Crippen molar-refractivity contribution >= 4 is 17.5 Å². The van der Waals surface area contributed by atoms with Crippen LogP contribution in [0.1, 0.15) is 94.6 Å². The second-order valence-electron chi connectivity index (χ2n) is 12.3. The van der Waals surface area contributed by atoms with Gasteiger partial charge in [-0.1, -0.05) is 88.1 Å². The number of anilines is 1. The number of hydrogen-bond donors (Lipinski definition) is 0. The summed E-state index contributed by atoms with van der Waals surface area (Å²) < 4.78 is 6.12. The van der Waals surface area contributed by atoms with Gasteiger partial charge in [0.1, 0.15) is 5.75 Å². The maximum Gasteiger partial charge on any atom is 0.254 e. The van der Waals surface area contributed by atoms with Crippen LogP contribution in [0.15, 0.2) is 66.7 Å². The average molecular weight is 569 g/mol. The van der Waals surface area contributed by atoms with E-state index < -0.39 is 0 Å². The fourth-order valence-corrected chi connectivity index (χ4v) is 5.90. The van der Waals surface area contributed by atoms with Gasteiger partial charge >= 0.3 is 0 Å². The molecular formula is C37H48N2O3. The third-order valence-electron chi connectivity index (χ3n) is 7.90. The summed E-state index contributed by atoms with van der Waals surface area (Å²) in [7, 11) is 0. The summed E-state index contributed by atoms with van der Waals surface area (Å²) in [6, 6.07) is 22.5. The molecule has 0 N–H and O–H groups in total. The summed E-state index contributed by atoms with van der Waals surface area (Å²) in [4.78, 5) is 31.0. The predicted molar refractivity (Wildman–Crippen MR) is 173 cm³/mol. The van der Waals surface area contributed by atoms with E-state index >= 15 is 0 Å². The van der Waals surface area contributed by atoms with Gasteiger partial charge in [0.15, 0.2) is 0 Å². The van der Waals surface area contributed by atoms with E-state index in [1.165, 1.54) is 0 Å². The van der Waals surface area contributed by atoms with Gasteiger partial charge < -0.3 is 14.5 Å². The highest BCUT2D eigenvalue weighted by Gasteiger charge is 2.23. The maximum atomic E-state index is 14.4. The Morgan fingerprint density at radius 2 is 1.48 bits per heavy atom. The van der Waals surface area contributed by atoms with E-state index in [1.807, 2.05) is 66.1 Å². The summed E-state index contributed by atoms with van der Waals surface area (Å²) in [5.41, 5.74) is 5.86. The molecule has 3 aromatic rings. The number of benzene rings is 3. The Bertz CT molecular complexity index is 1350. The molecule has 0 saturated heterocycles. The van der Waals surface area contributed by atoms with Crippen LogP contribution >= 0.6 is 0 Å². The second-order valence-corrected chi connectivity index (χ2v) is 12.3. The number of nitrogens with zero attached hydrogens (tertiary/aromatic N) is 2. The molecule has 0 unspecified atom stereocenters. The number of amides is 2. The Morgan fingerprint density at radius 3 is 2.19 bits per heavy atom. The van der Waals surface area contributed by atoms with Crippen molar-refractivity contribution in [1.82, 2.24) is 4.90 Å². The Labute approximate surface area is 252 Å². The topological polar surface area (TPSA) is 49.9 Å². The van der Waals surface area contributed by atoms with E-state index in [9.17, 15) is 9.59 Å². The van der Waals surface area contributed by atoms with Crippen molar-refractivity contribution in [1.29, 1.82) is 0 Å². The zero-order valence-electron chi connectivity index (χ0n) is 26.2. The third kappa shape index (κ3) is 8.24. The number of carbonyl (C=O) groups is 2. The van der Waals surface area contributed by atoms with Crippen molar-refractivity contribution in [3.63, 3.8) is 0 Å². The normalized spacial score (nSPS) is 15.0. The fraction of sp³-hybridized carbons (Fsp3) is 0.459. The molecule has 0 atom stereocenters. The molecule has 1 heterocycles. The van der Waals surface area contributed by atoms with Crippen LogP contribution in [0, 0.1) is 5.92 Å². The van der Waals surface area contributed by atoms with Gasteiger partial charge in [-0.15, -0.1) is 0 Å². The largest absolute Gasteiger partial charge is 0.490 e. The van der Waals surface area contributed by atoms with Crippen LogP contribution in [-0.4, -0.2) is 35.9 Å². The SMILES string of the molecule is CC(=O)N1CCCCCCCCN(C(=O)c2ccc(-c3ccccc3OC(C)C)cc2CC(C)C)Cc2ccccc21. The van der Waals surface area contributed by atoms with Gasteiger partial charge in [-0.3, -0.25) is 9.59 Å². The number of hydrogen-bond acceptors (Lipinski definition) is 3. The fourth-order valence-electron chi connectivity index (χ4n) is 5.90. The molecule has 3 aromatic carbocycles. The molecular weight excluding hydrogens is 520 g/mol. The minimum atomic E-state index is 0.0479. The van der Waals surface area contributed by atoms with Crippen molar-refractivity contribution in [3.05, 3.63) is 83.4 Å². The number of para-hydroxylation sites is 2. The lowest BCUT2D eigenvalue weighted by molar-refractivity contribution is -0.116. The van der Waals surface area contributed by atoms with Gasteiger partial charge in [0.25, 0.3) is 5.91 Å². The smallest absolute Gasteiger partial charge is 0.254 e. The van der Waals surface area contributed by atoms with Crippen molar-refractivity contribution in [2.45, 2.75) is 92.2 Å². The number of ether oxygens (including phenoxy) is 1. The number of rotatable bonds is 6. The van der Waals surface area contributed by atoms with Crippen molar-refractivity contribution in [2.24, 2.45) is 5.92 Å². The van der Waals surface area contributed by atoms with E-state index in [0.29, 0.717) is 25.6 Å². The molecule has 2 amide bonds. The van der Waals surface area contributed by atoms with Gasteiger partial charge in [-0.2, -0.15) is 0 Å². The molecule has 0 radical (unpaired) electrons. The first kappa shape index (κ1) is 31.3. The Hall–Kier alpha value is -3.60. The molecule has 1 aliphatic heterocycles. The molecule has 0 aliphatic carbocycles. The molecule has 0 saturated carbocycles. The molecule has 0 fully saturated rings. The summed E-state index contributed by atoms with van der Waals surface area (Å²) in [5, 5.41) is 0. The third-order valence-corrected chi connectivity index (χ3v) is 7.90.